The molecule has 0 aromatic rings. The molecule has 0 unspecified atom stereocenters. The van der Waals surface area contributed by atoms with Crippen molar-refractivity contribution < 1.29 is 28.5 Å². The molecule has 132 valence electrons. The Morgan fingerprint density at radius 2 is 0.682 bits per heavy atom. The second-order valence-corrected chi connectivity index (χ2v) is 11.9. The van der Waals surface area contributed by atoms with Crippen molar-refractivity contribution in [3.8, 4) is 0 Å². The molecule has 0 amide bonds. The van der Waals surface area contributed by atoms with Gasteiger partial charge in [-0.25, -0.2) is 0 Å². The molecule has 0 bridgehead atoms. The van der Waals surface area contributed by atoms with Crippen molar-refractivity contribution in [2.45, 2.75) is 117 Å². The van der Waals surface area contributed by atoms with Crippen molar-refractivity contribution in [2.24, 2.45) is 0 Å². The van der Waals surface area contributed by atoms with E-state index >= 15 is 0 Å². The van der Waals surface area contributed by atoms with Crippen LogP contribution in [0, 0.1) is 0 Å². The maximum atomic E-state index is 4.07. The zero-order valence-electron chi connectivity index (χ0n) is 16.8. The molecular formula is C18H42N3Y. The van der Waals surface area contributed by atoms with Gasteiger partial charge in [0.15, 0.2) is 0 Å². The van der Waals surface area contributed by atoms with Crippen molar-refractivity contribution in [3.05, 3.63) is 0 Å². The van der Waals surface area contributed by atoms with Crippen molar-refractivity contribution in [1.82, 2.24) is 7.35 Å². The van der Waals surface area contributed by atoms with E-state index in [2.05, 4.69) is 69.7 Å². The summed E-state index contributed by atoms with van der Waals surface area (Å²) in [6.07, 6.45) is 7.11. The van der Waals surface area contributed by atoms with Gasteiger partial charge in [-0.3, -0.25) is 0 Å². The molecule has 0 aromatic heterocycles. The van der Waals surface area contributed by atoms with Gasteiger partial charge in [-0.15, -0.1) is 0 Å². The predicted molar refractivity (Wildman–Crippen MR) is 96.4 cm³/mol. The van der Waals surface area contributed by atoms with E-state index in [-0.39, 0.29) is 16.6 Å². The second-order valence-electron chi connectivity index (χ2n) is 7.67. The summed E-state index contributed by atoms with van der Waals surface area (Å²) in [6, 6.07) is 0. The minimum atomic E-state index is -2.29. The normalized spacial score (nSPS) is 13.5. The van der Waals surface area contributed by atoms with Gasteiger partial charge in [0.25, 0.3) is 0 Å². The molecule has 0 aliphatic heterocycles. The number of hydrogen-bond acceptors (Lipinski definition) is 3. The molecule has 0 fully saturated rings. The third kappa shape index (κ3) is 7.26. The fourth-order valence-electron chi connectivity index (χ4n) is 2.52. The third-order valence-corrected chi connectivity index (χ3v) is 13.4. The zero-order valence-corrected chi connectivity index (χ0v) is 19.7. The molecule has 3 N–H and O–H groups in total. The van der Waals surface area contributed by atoms with Crippen molar-refractivity contribution in [2.75, 3.05) is 0 Å². The van der Waals surface area contributed by atoms with Gasteiger partial charge in [-0.05, 0) is 0 Å². The van der Waals surface area contributed by atoms with Crippen molar-refractivity contribution in [3.63, 3.8) is 0 Å². The van der Waals surface area contributed by atoms with E-state index in [0.717, 1.165) is 0 Å². The third-order valence-electron chi connectivity index (χ3n) is 6.16. The molecular weight excluding hydrogens is 347 g/mol. The number of hydrogen-bond donors (Lipinski definition) is 3. The van der Waals surface area contributed by atoms with Crippen LogP contribution in [0.5, 0.6) is 0 Å². The fraction of sp³-hybridized carbons (Fsp3) is 1.00. The quantitative estimate of drug-likeness (QED) is 0.446. The molecule has 0 saturated carbocycles. The summed E-state index contributed by atoms with van der Waals surface area (Å²) in [4.78, 5) is 0. The first-order valence-electron chi connectivity index (χ1n) is 9.48. The molecule has 0 aromatic carbocycles. The Morgan fingerprint density at radius 1 is 0.500 bits per heavy atom. The van der Waals surface area contributed by atoms with E-state index in [1.807, 2.05) is 0 Å². The Labute approximate surface area is 152 Å². The van der Waals surface area contributed by atoms with Gasteiger partial charge >= 0.3 is 153 Å². The van der Waals surface area contributed by atoms with E-state index in [1.165, 1.54) is 38.5 Å². The maximum absolute atomic E-state index is 4.07. The minimum absolute atomic E-state index is 0.255. The van der Waals surface area contributed by atoms with Crippen LogP contribution in [-0.2, 0) is 28.5 Å². The van der Waals surface area contributed by atoms with Gasteiger partial charge in [-0.2, -0.15) is 0 Å². The van der Waals surface area contributed by atoms with Gasteiger partial charge in [-0.1, -0.05) is 0 Å². The van der Waals surface area contributed by atoms with Crippen molar-refractivity contribution in [1.29, 1.82) is 0 Å². The van der Waals surface area contributed by atoms with Gasteiger partial charge < -0.3 is 0 Å². The van der Waals surface area contributed by atoms with E-state index < -0.39 is 28.5 Å². The van der Waals surface area contributed by atoms with Crippen LogP contribution in [-0.4, -0.2) is 16.6 Å². The van der Waals surface area contributed by atoms with Crippen LogP contribution in [0.15, 0.2) is 0 Å². The molecule has 0 atom stereocenters. The van der Waals surface area contributed by atoms with Gasteiger partial charge in [0.2, 0.25) is 0 Å². The van der Waals surface area contributed by atoms with Crippen LogP contribution in [0.3, 0.4) is 0 Å². The summed E-state index contributed by atoms with van der Waals surface area (Å²) in [5.74, 6) is 0. The monoisotopic (exact) mass is 389 g/mol. The Balaban J connectivity index is 5.22. The summed E-state index contributed by atoms with van der Waals surface area (Å²) in [7, 11) is 0. The molecule has 0 saturated heterocycles. The summed E-state index contributed by atoms with van der Waals surface area (Å²) < 4.78 is 12.2. The van der Waals surface area contributed by atoms with Crippen molar-refractivity contribution >= 4 is 0 Å². The Hall–Kier alpha value is 0.984. The Kier molecular flexibility index (Phi) is 10.5. The molecule has 0 heterocycles. The first-order chi connectivity index (χ1) is 10.1. The summed E-state index contributed by atoms with van der Waals surface area (Å²) >= 11 is -2.29. The van der Waals surface area contributed by atoms with Crippen LogP contribution in [0.2, 0.25) is 0 Å². The second kappa shape index (κ2) is 10.1. The Morgan fingerprint density at radius 3 is 0.818 bits per heavy atom. The average molecular weight is 389 g/mol. The summed E-state index contributed by atoms with van der Waals surface area (Å²) in [5, 5.41) is 0. The van der Waals surface area contributed by atoms with E-state index in [1.54, 1.807) is 0 Å². The van der Waals surface area contributed by atoms with Crippen LogP contribution < -0.4 is 7.35 Å². The van der Waals surface area contributed by atoms with Gasteiger partial charge in [0.05, 0.1) is 0 Å². The van der Waals surface area contributed by atoms with Gasteiger partial charge in [0, 0.05) is 0 Å². The van der Waals surface area contributed by atoms with Gasteiger partial charge in [0.1, 0.15) is 0 Å². The molecule has 0 radical (unpaired) electrons. The molecule has 0 aliphatic rings. The molecule has 4 heteroatoms. The number of nitrogens with one attached hydrogen (secondary N) is 3. The first kappa shape index (κ1) is 23.0. The van der Waals surface area contributed by atoms with E-state index in [9.17, 15) is 0 Å². The van der Waals surface area contributed by atoms with Crippen LogP contribution >= 0.6 is 0 Å². The molecule has 0 spiro atoms. The predicted octanol–water partition coefficient (Wildman–Crippen LogP) is 4.85. The molecule has 3 nitrogen and oxygen atoms in total. The zero-order chi connectivity index (χ0) is 17.4. The first-order valence-corrected chi connectivity index (χ1v) is 13.7. The Bertz CT molecular complexity index is 247. The average Bonchev–Trinajstić information content (AvgIpc) is 2.54. The molecule has 22 heavy (non-hydrogen) atoms. The van der Waals surface area contributed by atoms with Crippen LogP contribution in [0.1, 0.15) is 101 Å². The fourth-order valence-corrected chi connectivity index (χ4v) is 11.2. The SMILES string of the molecule is CCC(C)(CC)[NH][Y]([NH]C(C)(CC)CC)[NH]C(C)(CC)CC. The van der Waals surface area contributed by atoms with Crippen LogP contribution in [0.4, 0.5) is 0 Å². The molecule has 0 aliphatic carbocycles. The summed E-state index contributed by atoms with van der Waals surface area (Å²) in [6.45, 7) is 21.0. The standard InChI is InChI=1S/3C6H14N.Y/c3*1-4-6(3,7)5-2;/h3*7H,4-5H2,1-3H3;/q3*-1;+3. The van der Waals surface area contributed by atoms with Crippen LogP contribution in [0.25, 0.3) is 0 Å². The molecule has 0 rings (SSSR count). The van der Waals surface area contributed by atoms with E-state index in [0.29, 0.717) is 0 Å². The van der Waals surface area contributed by atoms with E-state index in [4.69, 9.17) is 0 Å². The summed E-state index contributed by atoms with van der Waals surface area (Å²) in [5.41, 5.74) is 0.766. The topological polar surface area (TPSA) is 36.1 Å². The number of rotatable bonds is 12.